The van der Waals surface area contributed by atoms with Crippen molar-refractivity contribution in [3.8, 4) is 0 Å². The van der Waals surface area contributed by atoms with Crippen molar-refractivity contribution in [2.24, 2.45) is 0 Å². The molecular formula is C7H7I2-. The van der Waals surface area contributed by atoms with Crippen LogP contribution in [0.25, 0.3) is 0 Å². The minimum atomic E-state index is 0. The molecule has 0 fully saturated rings. The fraction of sp³-hybridized carbons (Fsp3) is 0.143. The fourth-order valence-corrected chi connectivity index (χ4v) is 0.893. The molecule has 0 amide bonds. The van der Waals surface area contributed by atoms with Crippen molar-refractivity contribution in [2.75, 3.05) is 0 Å². The van der Waals surface area contributed by atoms with Gasteiger partial charge in [0.25, 0.3) is 0 Å². The highest BCUT2D eigenvalue weighted by Gasteiger charge is 1.81. The number of hydrogen-bond acceptors (Lipinski definition) is 0. The zero-order valence-electron chi connectivity index (χ0n) is 5.07. The van der Waals surface area contributed by atoms with Crippen LogP contribution in [0.2, 0.25) is 0 Å². The molecular weight excluding hydrogens is 338 g/mol. The van der Waals surface area contributed by atoms with Crippen molar-refractivity contribution in [1.29, 1.82) is 0 Å². The largest absolute Gasteiger partial charge is 1.00 e. The molecule has 0 saturated heterocycles. The first kappa shape index (κ1) is 9.68. The van der Waals surface area contributed by atoms with Gasteiger partial charge in [-0.3, -0.25) is 0 Å². The first-order valence-corrected chi connectivity index (χ1v) is 3.59. The van der Waals surface area contributed by atoms with Crippen LogP contribution in [0, 0.1) is 10.5 Å². The number of hydrogen-bond donors (Lipinski definition) is 0. The summed E-state index contributed by atoms with van der Waals surface area (Å²) in [6, 6.07) is 8.44. The Morgan fingerprint density at radius 3 is 1.89 bits per heavy atom. The average molecular weight is 345 g/mol. The van der Waals surface area contributed by atoms with Gasteiger partial charge in [0.05, 0.1) is 0 Å². The molecule has 1 rings (SSSR count). The fourth-order valence-electron chi connectivity index (χ4n) is 0.533. The van der Waals surface area contributed by atoms with Gasteiger partial charge in [0, 0.05) is 3.57 Å². The van der Waals surface area contributed by atoms with Gasteiger partial charge in [-0.15, -0.1) is 0 Å². The van der Waals surface area contributed by atoms with Crippen LogP contribution in [0.1, 0.15) is 5.56 Å². The second-order valence-electron chi connectivity index (χ2n) is 1.80. The van der Waals surface area contributed by atoms with E-state index in [4.69, 9.17) is 0 Å². The lowest BCUT2D eigenvalue weighted by Gasteiger charge is -1.88. The van der Waals surface area contributed by atoms with Gasteiger partial charge < -0.3 is 24.0 Å². The van der Waals surface area contributed by atoms with Gasteiger partial charge in [0.1, 0.15) is 0 Å². The Kier molecular flexibility index (Phi) is 4.83. The second-order valence-corrected chi connectivity index (χ2v) is 3.04. The van der Waals surface area contributed by atoms with Crippen molar-refractivity contribution in [3.05, 3.63) is 33.4 Å². The van der Waals surface area contributed by atoms with E-state index < -0.39 is 0 Å². The van der Waals surface area contributed by atoms with Crippen molar-refractivity contribution in [1.82, 2.24) is 0 Å². The monoisotopic (exact) mass is 345 g/mol. The van der Waals surface area contributed by atoms with Crippen LogP contribution in [-0.2, 0) is 0 Å². The summed E-state index contributed by atoms with van der Waals surface area (Å²) in [5.74, 6) is 0. The molecule has 0 N–H and O–H groups in total. The first-order chi connectivity index (χ1) is 3.79. The summed E-state index contributed by atoms with van der Waals surface area (Å²) in [6.45, 7) is 2.09. The van der Waals surface area contributed by atoms with Gasteiger partial charge in [-0.2, -0.15) is 0 Å². The molecule has 0 unspecified atom stereocenters. The molecule has 1 aromatic rings. The van der Waals surface area contributed by atoms with Crippen LogP contribution in [0.4, 0.5) is 0 Å². The van der Waals surface area contributed by atoms with Crippen molar-refractivity contribution in [2.45, 2.75) is 6.92 Å². The van der Waals surface area contributed by atoms with Crippen LogP contribution >= 0.6 is 22.6 Å². The third kappa shape index (κ3) is 3.40. The molecule has 0 saturated carbocycles. The van der Waals surface area contributed by atoms with E-state index in [9.17, 15) is 0 Å². The van der Waals surface area contributed by atoms with Gasteiger partial charge in [0.15, 0.2) is 0 Å². The van der Waals surface area contributed by atoms with Gasteiger partial charge in [0.2, 0.25) is 0 Å². The Morgan fingerprint density at radius 1 is 1.11 bits per heavy atom. The minimum absolute atomic E-state index is 0. The molecule has 0 aliphatic heterocycles. The molecule has 0 heterocycles. The van der Waals surface area contributed by atoms with E-state index in [2.05, 4.69) is 53.8 Å². The van der Waals surface area contributed by atoms with Gasteiger partial charge in [-0.1, -0.05) is 17.7 Å². The highest BCUT2D eigenvalue weighted by molar-refractivity contribution is 14.1. The topological polar surface area (TPSA) is 0 Å². The minimum Gasteiger partial charge on any atom is -1.00 e. The normalized spacial score (nSPS) is 8.22. The summed E-state index contributed by atoms with van der Waals surface area (Å²) in [7, 11) is 0. The summed E-state index contributed by atoms with van der Waals surface area (Å²) < 4.78 is 1.30. The zero-order chi connectivity index (χ0) is 5.98. The maximum absolute atomic E-state index is 2.30. The lowest BCUT2D eigenvalue weighted by atomic mass is 10.2. The van der Waals surface area contributed by atoms with E-state index in [1.165, 1.54) is 9.13 Å². The molecule has 0 bridgehead atoms. The van der Waals surface area contributed by atoms with E-state index in [1.807, 2.05) is 0 Å². The van der Waals surface area contributed by atoms with Crippen LogP contribution in [0.3, 0.4) is 0 Å². The quantitative estimate of drug-likeness (QED) is 0.562. The average Bonchev–Trinajstić information content (AvgIpc) is 1.77. The molecule has 0 aromatic heterocycles. The molecule has 9 heavy (non-hydrogen) atoms. The second kappa shape index (κ2) is 4.49. The lowest BCUT2D eigenvalue weighted by molar-refractivity contribution is -0.00000156. The molecule has 50 valence electrons. The molecule has 0 aliphatic carbocycles. The Balaban J connectivity index is 0.000000640. The molecule has 0 nitrogen and oxygen atoms in total. The molecule has 0 atom stereocenters. The predicted octanol–water partition coefficient (Wildman–Crippen LogP) is -0.396. The highest BCUT2D eigenvalue weighted by Crippen LogP contribution is 2.04. The van der Waals surface area contributed by atoms with Crippen LogP contribution in [0.15, 0.2) is 24.3 Å². The van der Waals surface area contributed by atoms with Gasteiger partial charge >= 0.3 is 0 Å². The van der Waals surface area contributed by atoms with Crippen LogP contribution < -0.4 is 24.0 Å². The van der Waals surface area contributed by atoms with Crippen molar-refractivity contribution >= 4 is 22.6 Å². The number of benzene rings is 1. The van der Waals surface area contributed by atoms with Crippen molar-refractivity contribution in [3.63, 3.8) is 0 Å². The molecule has 1 aromatic carbocycles. The number of rotatable bonds is 0. The Bertz CT molecular complexity index is 146. The molecule has 2 heteroatoms. The highest BCUT2D eigenvalue weighted by atomic mass is 127. The van der Waals surface area contributed by atoms with E-state index in [-0.39, 0.29) is 24.0 Å². The summed E-state index contributed by atoms with van der Waals surface area (Å²) in [4.78, 5) is 0. The zero-order valence-corrected chi connectivity index (χ0v) is 9.38. The Hall–Kier alpha value is 0.680. The van der Waals surface area contributed by atoms with Gasteiger partial charge in [-0.05, 0) is 41.6 Å². The SMILES string of the molecule is Cc1ccc(I)cc1.[I-]. The summed E-state index contributed by atoms with van der Waals surface area (Å²) in [6.07, 6.45) is 0. The molecule has 0 radical (unpaired) electrons. The van der Waals surface area contributed by atoms with E-state index in [0.29, 0.717) is 0 Å². The number of aryl methyl sites for hydroxylation is 1. The van der Waals surface area contributed by atoms with Gasteiger partial charge in [-0.25, -0.2) is 0 Å². The molecule has 0 aliphatic rings. The third-order valence-corrected chi connectivity index (χ3v) is 1.73. The Morgan fingerprint density at radius 2 is 1.56 bits per heavy atom. The van der Waals surface area contributed by atoms with Crippen LogP contribution in [-0.4, -0.2) is 0 Å². The smallest absolute Gasteiger partial charge is 0.0130 e. The molecule has 0 spiro atoms. The van der Waals surface area contributed by atoms with Crippen molar-refractivity contribution < 1.29 is 24.0 Å². The third-order valence-electron chi connectivity index (χ3n) is 1.01. The van der Waals surface area contributed by atoms with Crippen LogP contribution in [0.5, 0.6) is 0 Å². The van der Waals surface area contributed by atoms with E-state index >= 15 is 0 Å². The summed E-state index contributed by atoms with van der Waals surface area (Å²) in [5.41, 5.74) is 1.32. The predicted molar refractivity (Wildman–Crippen MR) is 43.9 cm³/mol. The maximum Gasteiger partial charge on any atom is 0.0130 e. The lowest BCUT2D eigenvalue weighted by Crippen LogP contribution is -3.00. The maximum atomic E-state index is 2.30. The standard InChI is InChI=1S/C7H7I.HI/c1-6-2-4-7(8)5-3-6;/h2-5H,1H3;1H/p-1. The summed E-state index contributed by atoms with van der Waals surface area (Å²) in [5, 5.41) is 0. The Labute approximate surface area is 86.2 Å². The van der Waals surface area contributed by atoms with E-state index in [1.54, 1.807) is 0 Å². The summed E-state index contributed by atoms with van der Waals surface area (Å²) >= 11 is 2.30. The van der Waals surface area contributed by atoms with E-state index in [0.717, 1.165) is 0 Å². The number of halogens is 2. The first-order valence-electron chi connectivity index (χ1n) is 2.51.